The molecule has 92 valence electrons. The first kappa shape index (κ1) is 11.8. The van der Waals surface area contributed by atoms with Crippen molar-refractivity contribution < 1.29 is 18.3 Å². The molecule has 3 nitrogen and oxygen atoms in total. The predicted molar refractivity (Wildman–Crippen MR) is 58.0 cm³/mol. The predicted octanol–water partition coefficient (Wildman–Crippen LogP) is 2.32. The van der Waals surface area contributed by atoms with E-state index in [1.54, 1.807) is 0 Å². The van der Waals surface area contributed by atoms with E-state index in [9.17, 15) is 13.6 Å². The molecule has 1 saturated heterocycles. The van der Waals surface area contributed by atoms with Crippen LogP contribution in [0.1, 0.15) is 5.56 Å². The highest BCUT2D eigenvalue weighted by Gasteiger charge is 2.36. The van der Waals surface area contributed by atoms with Gasteiger partial charge in [0.1, 0.15) is 6.61 Å². The monoisotopic (exact) mass is 241 g/mol. The second-order valence-corrected chi connectivity index (χ2v) is 3.98. The van der Waals surface area contributed by atoms with Crippen LogP contribution in [0.4, 0.5) is 13.6 Å². The fraction of sp³-hybridized carbons (Fsp3) is 0.417. The van der Waals surface area contributed by atoms with Crippen molar-refractivity contribution in [2.45, 2.75) is 19.0 Å². The Morgan fingerprint density at radius 2 is 1.82 bits per heavy atom. The molecule has 0 aliphatic carbocycles. The molecule has 0 N–H and O–H groups in total. The number of ether oxygens (including phenoxy) is 1. The molecule has 5 heteroatoms. The molecule has 0 spiro atoms. The van der Waals surface area contributed by atoms with Crippen molar-refractivity contribution in [2.24, 2.45) is 0 Å². The maximum atomic E-state index is 12.9. The molecule has 2 rings (SSSR count). The Balaban J connectivity index is 1.82. The van der Waals surface area contributed by atoms with Gasteiger partial charge < -0.3 is 9.64 Å². The van der Waals surface area contributed by atoms with E-state index in [0.717, 1.165) is 10.5 Å². The number of hydrogen-bond acceptors (Lipinski definition) is 2. The molecule has 1 aromatic carbocycles. The van der Waals surface area contributed by atoms with Crippen LogP contribution in [0.25, 0.3) is 0 Å². The first-order valence-electron chi connectivity index (χ1n) is 5.40. The van der Waals surface area contributed by atoms with Crippen LogP contribution >= 0.6 is 0 Å². The van der Waals surface area contributed by atoms with Crippen LogP contribution in [-0.4, -0.2) is 36.4 Å². The minimum atomic E-state index is -1.60. The summed E-state index contributed by atoms with van der Waals surface area (Å²) in [5.74, 6) is 0. The van der Waals surface area contributed by atoms with Crippen molar-refractivity contribution in [3.05, 3.63) is 35.9 Å². The van der Waals surface area contributed by atoms with Gasteiger partial charge in [0.05, 0.1) is 13.1 Å². The molecule has 0 radical (unpaired) electrons. The molecule has 2 atom stereocenters. The summed E-state index contributed by atoms with van der Waals surface area (Å²) in [6, 6.07) is 9.13. The van der Waals surface area contributed by atoms with Crippen LogP contribution in [0.5, 0.6) is 0 Å². The average Bonchev–Trinajstić information content (AvgIpc) is 2.68. The summed E-state index contributed by atoms with van der Waals surface area (Å²) in [6.07, 6.45) is -3.87. The van der Waals surface area contributed by atoms with E-state index in [1.165, 1.54) is 0 Å². The standard InChI is InChI=1S/C12H13F2NO2/c13-10-6-15(7-11(10)14)12(16)17-8-9-4-2-1-3-5-9/h1-5,10-11H,6-8H2/t10-,11-/m0/s1. The molecule has 1 aromatic rings. The van der Waals surface area contributed by atoms with Gasteiger partial charge in [-0.05, 0) is 5.56 Å². The van der Waals surface area contributed by atoms with Gasteiger partial charge in [-0.25, -0.2) is 13.6 Å². The Morgan fingerprint density at radius 1 is 1.24 bits per heavy atom. The van der Waals surface area contributed by atoms with E-state index in [4.69, 9.17) is 4.74 Å². The summed E-state index contributed by atoms with van der Waals surface area (Å²) in [5.41, 5.74) is 0.841. The van der Waals surface area contributed by atoms with Crippen LogP contribution in [-0.2, 0) is 11.3 Å². The molecular weight excluding hydrogens is 228 g/mol. The fourth-order valence-electron chi connectivity index (χ4n) is 1.68. The summed E-state index contributed by atoms with van der Waals surface area (Å²) in [6.45, 7) is -0.340. The van der Waals surface area contributed by atoms with Crippen molar-refractivity contribution in [1.29, 1.82) is 0 Å². The Morgan fingerprint density at radius 3 is 2.41 bits per heavy atom. The minimum absolute atomic E-state index is 0.115. The molecule has 1 amide bonds. The van der Waals surface area contributed by atoms with Gasteiger partial charge in [-0.15, -0.1) is 0 Å². The lowest BCUT2D eigenvalue weighted by molar-refractivity contribution is 0.101. The second-order valence-electron chi connectivity index (χ2n) is 3.98. The first-order chi connectivity index (χ1) is 8.16. The van der Waals surface area contributed by atoms with Crippen molar-refractivity contribution in [2.75, 3.05) is 13.1 Å². The van der Waals surface area contributed by atoms with Crippen molar-refractivity contribution in [3.63, 3.8) is 0 Å². The number of amides is 1. The van der Waals surface area contributed by atoms with Gasteiger partial charge in [-0.1, -0.05) is 30.3 Å². The normalized spacial score (nSPS) is 23.8. The topological polar surface area (TPSA) is 29.5 Å². The number of nitrogens with zero attached hydrogens (tertiary/aromatic N) is 1. The van der Waals surface area contributed by atoms with E-state index in [-0.39, 0.29) is 19.7 Å². The van der Waals surface area contributed by atoms with Gasteiger partial charge in [-0.2, -0.15) is 0 Å². The molecular formula is C12H13F2NO2. The molecule has 0 bridgehead atoms. The highest BCUT2D eigenvalue weighted by atomic mass is 19.2. The molecule has 1 aliphatic rings. The highest BCUT2D eigenvalue weighted by Crippen LogP contribution is 2.17. The Bertz CT molecular complexity index is 375. The quantitative estimate of drug-likeness (QED) is 0.795. The maximum Gasteiger partial charge on any atom is 0.410 e. The molecule has 1 aliphatic heterocycles. The zero-order chi connectivity index (χ0) is 12.3. The lowest BCUT2D eigenvalue weighted by atomic mass is 10.2. The number of carbonyl (C=O) groups is 1. The van der Waals surface area contributed by atoms with Gasteiger partial charge in [0.25, 0.3) is 0 Å². The fourth-order valence-corrected chi connectivity index (χ4v) is 1.68. The van der Waals surface area contributed by atoms with E-state index < -0.39 is 18.4 Å². The second kappa shape index (κ2) is 5.12. The van der Waals surface area contributed by atoms with Crippen LogP contribution in [0, 0.1) is 0 Å². The van der Waals surface area contributed by atoms with E-state index in [1.807, 2.05) is 30.3 Å². The van der Waals surface area contributed by atoms with E-state index in [0.29, 0.717) is 0 Å². The third-order valence-corrected chi connectivity index (χ3v) is 2.65. The van der Waals surface area contributed by atoms with Crippen molar-refractivity contribution in [3.8, 4) is 0 Å². The largest absolute Gasteiger partial charge is 0.445 e. The van der Waals surface area contributed by atoms with Crippen LogP contribution in [0.2, 0.25) is 0 Å². The average molecular weight is 241 g/mol. The zero-order valence-corrected chi connectivity index (χ0v) is 9.18. The first-order valence-corrected chi connectivity index (χ1v) is 5.40. The molecule has 0 saturated carbocycles. The van der Waals surface area contributed by atoms with E-state index in [2.05, 4.69) is 0 Å². The molecule has 0 aromatic heterocycles. The number of hydrogen-bond donors (Lipinski definition) is 0. The van der Waals surface area contributed by atoms with Crippen LogP contribution in [0.3, 0.4) is 0 Å². The Hall–Kier alpha value is -1.65. The maximum absolute atomic E-state index is 12.9. The third kappa shape index (κ3) is 2.93. The highest BCUT2D eigenvalue weighted by molar-refractivity contribution is 5.68. The van der Waals surface area contributed by atoms with E-state index >= 15 is 0 Å². The Kier molecular flexibility index (Phi) is 3.56. The summed E-state index contributed by atoms with van der Waals surface area (Å²) >= 11 is 0. The smallest absolute Gasteiger partial charge is 0.410 e. The summed E-state index contributed by atoms with van der Waals surface area (Å²) in [7, 11) is 0. The van der Waals surface area contributed by atoms with Crippen LogP contribution < -0.4 is 0 Å². The third-order valence-electron chi connectivity index (χ3n) is 2.65. The van der Waals surface area contributed by atoms with Crippen molar-refractivity contribution >= 4 is 6.09 Å². The molecule has 17 heavy (non-hydrogen) atoms. The lowest BCUT2D eigenvalue weighted by Crippen LogP contribution is -2.29. The molecule has 1 fully saturated rings. The lowest BCUT2D eigenvalue weighted by Gasteiger charge is -2.14. The summed E-state index contributed by atoms with van der Waals surface area (Å²) in [5, 5.41) is 0. The summed E-state index contributed by atoms with van der Waals surface area (Å²) < 4.78 is 30.7. The number of halogens is 2. The van der Waals surface area contributed by atoms with Gasteiger partial charge in [0.15, 0.2) is 12.3 Å². The Labute approximate surface area is 98.0 Å². The van der Waals surface area contributed by atoms with Gasteiger partial charge in [0, 0.05) is 0 Å². The van der Waals surface area contributed by atoms with Gasteiger partial charge >= 0.3 is 6.09 Å². The number of rotatable bonds is 2. The van der Waals surface area contributed by atoms with Gasteiger partial charge in [0.2, 0.25) is 0 Å². The van der Waals surface area contributed by atoms with Crippen molar-refractivity contribution in [1.82, 2.24) is 4.90 Å². The number of benzene rings is 1. The summed E-state index contributed by atoms with van der Waals surface area (Å²) in [4.78, 5) is 12.5. The van der Waals surface area contributed by atoms with Gasteiger partial charge in [-0.3, -0.25) is 0 Å². The SMILES string of the molecule is O=C(OCc1ccccc1)N1C[C@H](F)[C@@H](F)C1. The minimum Gasteiger partial charge on any atom is -0.445 e. The molecule has 0 unspecified atom stereocenters. The van der Waals surface area contributed by atoms with Crippen LogP contribution in [0.15, 0.2) is 30.3 Å². The molecule has 1 heterocycles. The number of carbonyl (C=O) groups excluding carboxylic acids is 1. The number of likely N-dealkylation sites (tertiary alicyclic amines) is 1. The number of alkyl halides is 2. The zero-order valence-electron chi connectivity index (χ0n) is 9.18.